The van der Waals surface area contributed by atoms with Crippen molar-refractivity contribution in [3.63, 3.8) is 0 Å². The first-order valence-corrected chi connectivity index (χ1v) is 11.0. The molecular formula is C25H26ClNS. The molecule has 1 aliphatic carbocycles. The van der Waals surface area contributed by atoms with Crippen molar-refractivity contribution < 1.29 is 0 Å². The molecule has 0 atom stereocenters. The van der Waals surface area contributed by atoms with Crippen molar-refractivity contribution in [3.8, 4) is 0 Å². The summed E-state index contributed by atoms with van der Waals surface area (Å²) in [6.45, 7) is 8.16. The minimum Gasteiger partial charge on any atom is -0.330 e. The van der Waals surface area contributed by atoms with Gasteiger partial charge >= 0.3 is 0 Å². The third-order valence-corrected chi connectivity index (χ3v) is 5.93. The van der Waals surface area contributed by atoms with Gasteiger partial charge in [0.2, 0.25) is 0 Å². The zero-order valence-electron chi connectivity index (χ0n) is 16.5. The normalized spacial score (nSPS) is 15.6. The zero-order valence-corrected chi connectivity index (χ0v) is 18.0. The van der Waals surface area contributed by atoms with Crippen LogP contribution in [0.15, 0.2) is 78.4 Å². The Morgan fingerprint density at radius 2 is 2.00 bits per heavy atom. The standard InChI is InChI=1S/C25H26ClNS/c1-4-6-10-20-14-15-23-22(12-8-13-25(23)26)24(18(20)3)17-19-9-7-11-21(16-19)27-28-5-2/h4,6-13,16-17,27H,1,5,14-15H2,2-3H3/b10-6-,24-17+. The lowest BCUT2D eigenvalue weighted by Crippen LogP contribution is -1.93. The quantitative estimate of drug-likeness (QED) is 0.385. The summed E-state index contributed by atoms with van der Waals surface area (Å²) < 4.78 is 3.39. The molecule has 2 aromatic rings. The maximum Gasteiger partial charge on any atom is 0.0446 e. The van der Waals surface area contributed by atoms with E-state index in [0.29, 0.717) is 0 Å². The van der Waals surface area contributed by atoms with Crippen LogP contribution in [0.1, 0.15) is 37.0 Å². The van der Waals surface area contributed by atoms with Crippen LogP contribution in [0.2, 0.25) is 5.02 Å². The fourth-order valence-corrected chi connectivity index (χ4v) is 4.19. The Kier molecular flexibility index (Phi) is 7.24. The highest BCUT2D eigenvalue weighted by atomic mass is 35.5. The topological polar surface area (TPSA) is 12.0 Å². The van der Waals surface area contributed by atoms with E-state index in [9.17, 15) is 0 Å². The molecule has 0 bridgehead atoms. The first-order valence-electron chi connectivity index (χ1n) is 9.60. The fraction of sp³-hybridized carbons (Fsp3) is 0.200. The molecule has 2 aromatic carbocycles. The van der Waals surface area contributed by atoms with E-state index in [0.717, 1.165) is 29.3 Å². The molecule has 1 nitrogen and oxygen atoms in total. The number of allylic oxidation sites excluding steroid dienone is 6. The van der Waals surface area contributed by atoms with Gasteiger partial charge in [-0.3, -0.25) is 0 Å². The van der Waals surface area contributed by atoms with Gasteiger partial charge in [-0.25, -0.2) is 0 Å². The molecule has 0 aliphatic heterocycles. The second-order valence-electron chi connectivity index (χ2n) is 6.73. The number of benzene rings is 2. The summed E-state index contributed by atoms with van der Waals surface area (Å²) in [6.07, 6.45) is 10.2. The Bertz CT molecular complexity index is 953. The van der Waals surface area contributed by atoms with Crippen LogP contribution in [0.3, 0.4) is 0 Å². The predicted molar refractivity (Wildman–Crippen MR) is 128 cm³/mol. The number of fused-ring (bicyclic) bond motifs is 1. The van der Waals surface area contributed by atoms with Gasteiger partial charge in [-0.15, -0.1) is 0 Å². The summed E-state index contributed by atoms with van der Waals surface area (Å²) in [5.41, 5.74) is 8.61. The lowest BCUT2D eigenvalue weighted by atomic mass is 9.92. The SMILES string of the molecule is C=C/C=C\C1=C(C)C(=C\c2cccc(NSCC)c2)/c2cccc(Cl)c2CC1. The predicted octanol–water partition coefficient (Wildman–Crippen LogP) is 7.97. The van der Waals surface area contributed by atoms with E-state index in [-0.39, 0.29) is 0 Å². The molecule has 0 saturated heterocycles. The highest BCUT2D eigenvalue weighted by Gasteiger charge is 2.19. The zero-order chi connectivity index (χ0) is 19.9. The number of anilines is 1. The van der Waals surface area contributed by atoms with Crippen LogP contribution in [0.5, 0.6) is 0 Å². The smallest absolute Gasteiger partial charge is 0.0446 e. The van der Waals surface area contributed by atoms with Crippen LogP contribution < -0.4 is 4.72 Å². The third-order valence-electron chi connectivity index (χ3n) is 4.90. The molecule has 3 heteroatoms. The number of rotatable bonds is 6. The van der Waals surface area contributed by atoms with Crippen LogP contribution in [0, 0.1) is 0 Å². The van der Waals surface area contributed by atoms with Crippen LogP contribution in [0.25, 0.3) is 11.6 Å². The molecule has 0 unspecified atom stereocenters. The Morgan fingerprint density at radius 3 is 2.79 bits per heavy atom. The van der Waals surface area contributed by atoms with E-state index in [4.69, 9.17) is 11.6 Å². The van der Waals surface area contributed by atoms with Gasteiger partial charge in [0.25, 0.3) is 0 Å². The Balaban J connectivity index is 2.13. The summed E-state index contributed by atoms with van der Waals surface area (Å²) in [7, 11) is 0. The average molecular weight is 408 g/mol. The van der Waals surface area contributed by atoms with Gasteiger partial charge in [0.05, 0.1) is 0 Å². The third kappa shape index (κ3) is 4.81. The molecule has 1 aliphatic rings. The molecule has 0 amide bonds. The molecule has 0 heterocycles. The van der Waals surface area contributed by atoms with Crippen molar-refractivity contribution in [1.82, 2.24) is 0 Å². The molecule has 0 saturated carbocycles. The summed E-state index contributed by atoms with van der Waals surface area (Å²) in [5.74, 6) is 1.03. The van der Waals surface area contributed by atoms with Crippen molar-refractivity contribution in [2.75, 3.05) is 10.5 Å². The first kappa shape index (κ1) is 20.6. The lowest BCUT2D eigenvalue weighted by molar-refractivity contribution is 0.965. The van der Waals surface area contributed by atoms with Crippen molar-refractivity contribution in [1.29, 1.82) is 0 Å². The van der Waals surface area contributed by atoms with Crippen LogP contribution in [-0.2, 0) is 6.42 Å². The summed E-state index contributed by atoms with van der Waals surface area (Å²) in [4.78, 5) is 0. The lowest BCUT2D eigenvalue weighted by Gasteiger charge is -2.13. The monoisotopic (exact) mass is 407 g/mol. The van der Waals surface area contributed by atoms with Gasteiger partial charge < -0.3 is 4.72 Å². The van der Waals surface area contributed by atoms with Gasteiger partial charge in [0.15, 0.2) is 0 Å². The summed E-state index contributed by atoms with van der Waals surface area (Å²) in [6, 6.07) is 14.8. The van der Waals surface area contributed by atoms with Gasteiger partial charge in [-0.05, 0) is 77.5 Å². The second kappa shape index (κ2) is 9.86. The van der Waals surface area contributed by atoms with Crippen molar-refractivity contribution >= 4 is 40.9 Å². The molecule has 0 radical (unpaired) electrons. The second-order valence-corrected chi connectivity index (χ2v) is 8.21. The largest absolute Gasteiger partial charge is 0.330 e. The van der Waals surface area contributed by atoms with Gasteiger partial charge in [-0.2, -0.15) is 0 Å². The van der Waals surface area contributed by atoms with E-state index >= 15 is 0 Å². The van der Waals surface area contributed by atoms with Crippen LogP contribution >= 0.6 is 23.5 Å². The highest BCUT2D eigenvalue weighted by molar-refractivity contribution is 8.00. The van der Waals surface area contributed by atoms with Crippen LogP contribution in [-0.4, -0.2) is 5.75 Å². The average Bonchev–Trinajstić information content (AvgIpc) is 2.83. The minimum atomic E-state index is 0.847. The number of nitrogens with one attached hydrogen (secondary N) is 1. The molecule has 3 rings (SSSR count). The Labute approximate surface area is 178 Å². The summed E-state index contributed by atoms with van der Waals surface area (Å²) in [5, 5.41) is 0.847. The first-order chi connectivity index (χ1) is 13.6. The Morgan fingerprint density at radius 1 is 1.18 bits per heavy atom. The number of hydrogen-bond acceptors (Lipinski definition) is 2. The summed E-state index contributed by atoms with van der Waals surface area (Å²) >= 11 is 8.28. The highest BCUT2D eigenvalue weighted by Crippen LogP contribution is 2.38. The number of hydrogen-bond donors (Lipinski definition) is 1. The number of halogens is 1. The maximum absolute atomic E-state index is 6.57. The molecule has 28 heavy (non-hydrogen) atoms. The minimum absolute atomic E-state index is 0.847. The molecule has 0 spiro atoms. The van der Waals surface area contributed by atoms with Crippen molar-refractivity contribution in [2.45, 2.75) is 26.7 Å². The van der Waals surface area contributed by atoms with E-state index < -0.39 is 0 Å². The van der Waals surface area contributed by atoms with Gasteiger partial charge in [-0.1, -0.05) is 79.5 Å². The van der Waals surface area contributed by atoms with E-state index in [2.05, 4.69) is 67.6 Å². The van der Waals surface area contributed by atoms with E-state index in [1.165, 1.54) is 33.4 Å². The van der Waals surface area contributed by atoms with Crippen LogP contribution in [0.4, 0.5) is 5.69 Å². The molecule has 144 valence electrons. The Hall–Kier alpha value is -2.16. The fourth-order valence-electron chi connectivity index (χ4n) is 3.48. The van der Waals surface area contributed by atoms with Gasteiger partial charge in [0, 0.05) is 16.5 Å². The van der Waals surface area contributed by atoms with Crippen molar-refractivity contribution in [3.05, 3.63) is 100 Å². The molecule has 1 N–H and O–H groups in total. The van der Waals surface area contributed by atoms with Crippen molar-refractivity contribution in [2.24, 2.45) is 0 Å². The van der Waals surface area contributed by atoms with E-state index in [1.54, 1.807) is 11.9 Å². The molecule has 0 aromatic heterocycles. The van der Waals surface area contributed by atoms with Gasteiger partial charge in [0.1, 0.15) is 0 Å². The molecular weight excluding hydrogens is 382 g/mol. The molecule has 0 fully saturated rings. The maximum atomic E-state index is 6.57. The van der Waals surface area contributed by atoms with E-state index in [1.807, 2.05) is 24.3 Å².